The Hall–Kier alpha value is -1.25. The number of esters is 1. The highest BCUT2D eigenvalue weighted by molar-refractivity contribution is 5.89. The van der Waals surface area contributed by atoms with Gasteiger partial charge in [-0.05, 0) is 19.4 Å². The Balaban J connectivity index is 2.36. The third-order valence-electron chi connectivity index (χ3n) is 2.44. The van der Waals surface area contributed by atoms with Gasteiger partial charge < -0.3 is 9.15 Å². The van der Waals surface area contributed by atoms with E-state index in [0.29, 0.717) is 12.2 Å². The number of unbranched alkanes of at least 4 members (excludes halogenated alkanes) is 3. The molecule has 0 fully saturated rings. The largest absolute Gasteiger partial charge is 0.468 e. The number of rotatable bonds is 7. The van der Waals surface area contributed by atoms with Gasteiger partial charge in [0.2, 0.25) is 0 Å². The molecule has 90 valence electrons. The molecule has 3 nitrogen and oxygen atoms in total. The van der Waals surface area contributed by atoms with Gasteiger partial charge in [-0.2, -0.15) is 0 Å². The molecule has 1 aromatic rings. The summed E-state index contributed by atoms with van der Waals surface area (Å²) in [5.74, 6) is 0.574. The summed E-state index contributed by atoms with van der Waals surface area (Å²) in [4.78, 5) is 11.4. The first-order valence-corrected chi connectivity index (χ1v) is 6.02. The first-order valence-electron chi connectivity index (χ1n) is 6.02. The van der Waals surface area contributed by atoms with Gasteiger partial charge in [-0.1, -0.05) is 26.2 Å². The van der Waals surface area contributed by atoms with Crippen LogP contribution in [0.5, 0.6) is 0 Å². The number of hydrogen-bond acceptors (Lipinski definition) is 3. The van der Waals surface area contributed by atoms with Crippen molar-refractivity contribution in [3.63, 3.8) is 0 Å². The Morgan fingerprint density at radius 1 is 1.31 bits per heavy atom. The average Bonchev–Trinajstić information content (AvgIpc) is 2.73. The number of carbonyl (C=O) groups excluding carboxylic acids is 1. The van der Waals surface area contributed by atoms with Crippen LogP contribution >= 0.6 is 0 Å². The van der Waals surface area contributed by atoms with Crippen molar-refractivity contribution in [2.75, 3.05) is 6.61 Å². The van der Waals surface area contributed by atoms with Crippen molar-refractivity contribution in [3.05, 3.63) is 23.7 Å². The zero-order valence-electron chi connectivity index (χ0n) is 10.1. The Morgan fingerprint density at radius 3 is 2.81 bits per heavy atom. The van der Waals surface area contributed by atoms with Gasteiger partial charge in [0.25, 0.3) is 0 Å². The molecule has 0 N–H and O–H groups in total. The van der Waals surface area contributed by atoms with E-state index in [2.05, 4.69) is 6.92 Å². The second-order valence-electron chi connectivity index (χ2n) is 3.83. The van der Waals surface area contributed by atoms with Gasteiger partial charge in [-0.25, -0.2) is 4.79 Å². The van der Waals surface area contributed by atoms with Crippen LogP contribution in [-0.2, 0) is 11.2 Å². The predicted molar refractivity (Wildman–Crippen MR) is 62.5 cm³/mol. The SMILES string of the molecule is CCCCCCc1cc(C(=O)OCC)co1. The van der Waals surface area contributed by atoms with Crippen LogP contribution in [0.2, 0.25) is 0 Å². The smallest absolute Gasteiger partial charge is 0.341 e. The van der Waals surface area contributed by atoms with Crippen molar-refractivity contribution < 1.29 is 13.9 Å². The molecule has 0 radical (unpaired) electrons. The summed E-state index contributed by atoms with van der Waals surface area (Å²) < 4.78 is 10.2. The molecular formula is C13H20O3. The molecule has 0 aliphatic heterocycles. The van der Waals surface area contributed by atoms with E-state index in [4.69, 9.17) is 9.15 Å². The highest BCUT2D eigenvalue weighted by Gasteiger charge is 2.10. The van der Waals surface area contributed by atoms with Crippen LogP contribution in [0.3, 0.4) is 0 Å². The van der Waals surface area contributed by atoms with E-state index in [1.165, 1.54) is 25.5 Å². The molecule has 1 rings (SSSR count). The molecule has 0 atom stereocenters. The summed E-state index contributed by atoms with van der Waals surface area (Å²) in [5, 5.41) is 0. The van der Waals surface area contributed by atoms with Crippen LogP contribution in [0, 0.1) is 0 Å². The van der Waals surface area contributed by atoms with Gasteiger partial charge in [0.1, 0.15) is 12.0 Å². The van der Waals surface area contributed by atoms with E-state index in [1.807, 2.05) is 0 Å². The van der Waals surface area contributed by atoms with Crippen LogP contribution in [0.15, 0.2) is 16.7 Å². The maximum atomic E-state index is 11.4. The van der Waals surface area contributed by atoms with Gasteiger partial charge >= 0.3 is 5.97 Å². The average molecular weight is 224 g/mol. The number of ether oxygens (including phenoxy) is 1. The summed E-state index contributed by atoms with van der Waals surface area (Å²) in [6.07, 6.45) is 7.19. The monoisotopic (exact) mass is 224 g/mol. The van der Waals surface area contributed by atoms with Crippen LogP contribution < -0.4 is 0 Å². The predicted octanol–water partition coefficient (Wildman–Crippen LogP) is 3.58. The molecule has 0 saturated carbocycles. The topological polar surface area (TPSA) is 39.4 Å². The van der Waals surface area contributed by atoms with Gasteiger partial charge in [-0.3, -0.25) is 0 Å². The molecule has 0 aliphatic rings. The third kappa shape index (κ3) is 4.09. The normalized spacial score (nSPS) is 10.4. The van der Waals surface area contributed by atoms with Crippen molar-refractivity contribution >= 4 is 5.97 Å². The Kier molecular flexibility index (Phi) is 5.68. The fraction of sp³-hybridized carbons (Fsp3) is 0.615. The molecule has 16 heavy (non-hydrogen) atoms. The lowest BCUT2D eigenvalue weighted by Crippen LogP contribution is -2.02. The first kappa shape index (κ1) is 12.8. The molecule has 0 aliphatic carbocycles. The lowest BCUT2D eigenvalue weighted by atomic mass is 10.1. The second-order valence-corrected chi connectivity index (χ2v) is 3.83. The first-order chi connectivity index (χ1) is 7.77. The summed E-state index contributed by atoms with van der Waals surface area (Å²) in [6, 6.07) is 1.78. The van der Waals surface area contributed by atoms with Crippen molar-refractivity contribution in [2.45, 2.75) is 46.0 Å². The molecule has 0 amide bonds. The number of aryl methyl sites for hydroxylation is 1. The summed E-state index contributed by atoms with van der Waals surface area (Å²) in [6.45, 7) is 4.38. The molecule has 0 unspecified atom stereocenters. The molecular weight excluding hydrogens is 204 g/mol. The summed E-state index contributed by atoms with van der Waals surface area (Å²) >= 11 is 0. The Labute approximate surface area is 96.8 Å². The minimum absolute atomic E-state index is 0.300. The zero-order chi connectivity index (χ0) is 11.8. The van der Waals surface area contributed by atoms with Gasteiger partial charge in [0.15, 0.2) is 0 Å². The number of carbonyl (C=O) groups is 1. The van der Waals surface area contributed by atoms with Crippen LogP contribution in [0.25, 0.3) is 0 Å². The van der Waals surface area contributed by atoms with Gasteiger partial charge in [0, 0.05) is 6.42 Å². The minimum atomic E-state index is -0.300. The van der Waals surface area contributed by atoms with Crippen LogP contribution in [-0.4, -0.2) is 12.6 Å². The number of hydrogen-bond donors (Lipinski definition) is 0. The maximum absolute atomic E-state index is 11.4. The lowest BCUT2D eigenvalue weighted by Gasteiger charge is -1.96. The molecule has 1 aromatic heterocycles. The van der Waals surface area contributed by atoms with E-state index in [1.54, 1.807) is 13.0 Å². The lowest BCUT2D eigenvalue weighted by molar-refractivity contribution is 0.0525. The quantitative estimate of drug-likeness (QED) is 0.525. The van der Waals surface area contributed by atoms with Crippen molar-refractivity contribution in [1.29, 1.82) is 0 Å². The van der Waals surface area contributed by atoms with E-state index in [9.17, 15) is 4.79 Å². The Bertz CT molecular complexity index is 315. The molecule has 1 heterocycles. The van der Waals surface area contributed by atoms with Gasteiger partial charge in [-0.15, -0.1) is 0 Å². The second kappa shape index (κ2) is 7.09. The third-order valence-corrected chi connectivity index (χ3v) is 2.44. The highest BCUT2D eigenvalue weighted by Crippen LogP contribution is 2.13. The van der Waals surface area contributed by atoms with E-state index < -0.39 is 0 Å². The zero-order valence-corrected chi connectivity index (χ0v) is 10.1. The standard InChI is InChI=1S/C13H20O3/c1-3-5-6-7-8-12-9-11(10-16-12)13(14)15-4-2/h9-10H,3-8H2,1-2H3. The molecule has 0 spiro atoms. The molecule has 0 bridgehead atoms. The summed E-state index contributed by atoms with van der Waals surface area (Å²) in [7, 11) is 0. The highest BCUT2D eigenvalue weighted by atomic mass is 16.5. The summed E-state index contributed by atoms with van der Waals surface area (Å²) in [5.41, 5.74) is 0.521. The van der Waals surface area contributed by atoms with E-state index in [-0.39, 0.29) is 5.97 Å². The minimum Gasteiger partial charge on any atom is -0.468 e. The fourth-order valence-corrected chi connectivity index (χ4v) is 1.56. The van der Waals surface area contributed by atoms with Crippen LogP contribution in [0.1, 0.15) is 55.6 Å². The van der Waals surface area contributed by atoms with E-state index in [0.717, 1.165) is 18.6 Å². The molecule has 0 saturated heterocycles. The van der Waals surface area contributed by atoms with Crippen molar-refractivity contribution in [3.8, 4) is 0 Å². The van der Waals surface area contributed by atoms with E-state index >= 15 is 0 Å². The van der Waals surface area contributed by atoms with Crippen LogP contribution in [0.4, 0.5) is 0 Å². The number of furan rings is 1. The molecule has 0 aromatic carbocycles. The van der Waals surface area contributed by atoms with Gasteiger partial charge in [0.05, 0.1) is 12.2 Å². The molecule has 3 heteroatoms. The van der Waals surface area contributed by atoms with Crippen molar-refractivity contribution in [1.82, 2.24) is 0 Å². The maximum Gasteiger partial charge on any atom is 0.341 e. The fourth-order valence-electron chi connectivity index (χ4n) is 1.56. The Morgan fingerprint density at radius 2 is 2.12 bits per heavy atom. The van der Waals surface area contributed by atoms with Crippen molar-refractivity contribution in [2.24, 2.45) is 0 Å².